The van der Waals surface area contributed by atoms with Gasteiger partial charge >= 0.3 is 0 Å². The summed E-state index contributed by atoms with van der Waals surface area (Å²) in [5.41, 5.74) is 0. The third-order valence-electron chi connectivity index (χ3n) is 1.92. The van der Waals surface area contributed by atoms with Crippen molar-refractivity contribution >= 4 is 29.8 Å². The summed E-state index contributed by atoms with van der Waals surface area (Å²) >= 11 is 6.41. The summed E-state index contributed by atoms with van der Waals surface area (Å²) in [6.07, 6.45) is 4.46. The molecule has 0 saturated heterocycles. The summed E-state index contributed by atoms with van der Waals surface area (Å²) in [7, 11) is 0. The van der Waals surface area contributed by atoms with Crippen molar-refractivity contribution in [2.75, 3.05) is 0 Å². The normalized spacial score (nSPS) is 11.3. The summed E-state index contributed by atoms with van der Waals surface area (Å²) in [4.78, 5) is 0.626. The molecule has 0 aliphatic heterocycles. The fourth-order valence-electron chi connectivity index (χ4n) is 1.15. The third-order valence-corrected chi connectivity index (χ3v) is 3.30. The standard InChI is InChI=1S/C8H9N5OS2/c1-2-13-7(14)6(16-8(13)15)3-11-12-4-9-10-5-12/h3-5,14H,2H2,1H3. The molecule has 8 heteroatoms. The second-order valence-electron chi connectivity index (χ2n) is 2.89. The average molecular weight is 255 g/mol. The van der Waals surface area contributed by atoms with Gasteiger partial charge in [-0.2, -0.15) is 5.10 Å². The van der Waals surface area contributed by atoms with Crippen molar-refractivity contribution in [1.29, 1.82) is 0 Å². The van der Waals surface area contributed by atoms with Gasteiger partial charge in [0.05, 0.1) is 6.21 Å². The average Bonchev–Trinajstić information content (AvgIpc) is 2.85. The highest BCUT2D eigenvalue weighted by atomic mass is 32.1. The lowest BCUT2D eigenvalue weighted by atomic mass is 10.5. The number of hydrogen-bond donors (Lipinski definition) is 1. The molecule has 0 aromatic carbocycles. The summed E-state index contributed by atoms with van der Waals surface area (Å²) in [5, 5.41) is 21.1. The lowest BCUT2D eigenvalue weighted by Gasteiger charge is -1.97. The van der Waals surface area contributed by atoms with Crippen LogP contribution in [0.15, 0.2) is 17.8 Å². The zero-order valence-corrected chi connectivity index (χ0v) is 10.1. The molecule has 6 nitrogen and oxygen atoms in total. The number of nitrogens with zero attached hydrogens (tertiary/aromatic N) is 5. The summed E-state index contributed by atoms with van der Waals surface area (Å²) in [6, 6.07) is 0. The quantitative estimate of drug-likeness (QED) is 0.666. The first kappa shape index (κ1) is 11.0. The van der Waals surface area contributed by atoms with Crippen molar-refractivity contribution in [2.45, 2.75) is 13.5 Å². The van der Waals surface area contributed by atoms with E-state index in [0.29, 0.717) is 15.4 Å². The van der Waals surface area contributed by atoms with E-state index in [0.717, 1.165) is 0 Å². The van der Waals surface area contributed by atoms with Gasteiger partial charge in [-0.15, -0.1) is 10.2 Å². The highest BCUT2D eigenvalue weighted by Gasteiger charge is 2.08. The van der Waals surface area contributed by atoms with Crippen molar-refractivity contribution in [1.82, 2.24) is 19.4 Å². The molecular formula is C8H9N5OS2. The van der Waals surface area contributed by atoms with Crippen molar-refractivity contribution in [3.63, 3.8) is 0 Å². The van der Waals surface area contributed by atoms with Crippen LogP contribution in [0, 0.1) is 3.95 Å². The van der Waals surface area contributed by atoms with Crippen LogP contribution < -0.4 is 0 Å². The molecule has 16 heavy (non-hydrogen) atoms. The van der Waals surface area contributed by atoms with Gasteiger partial charge < -0.3 is 5.11 Å². The van der Waals surface area contributed by atoms with Crippen LogP contribution in [-0.4, -0.2) is 30.8 Å². The topological polar surface area (TPSA) is 68.2 Å². The van der Waals surface area contributed by atoms with Crippen LogP contribution in [0.1, 0.15) is 11.8 Å². The van der Waals surface area contributed by atoms with E-state index in [2.05, 4.69) is 15.3 Å². The maximum atomic E-state index is 9.81. The Labute approximate surface area is 100 Å². The van der Waals surface area contributed by atoms with Crippen LogP contribution in [0.25, 0.3) is 0 Å². The highest BCUT2D eigenvalue weighted by Crippen LogP contribution is 2.23. The van der Waals surface area contributed by atoms with E-state index in [1.807, 2.05) is 6.92 Å². The molecule has 1 N–H and O–H groups in total. The second kappa shape index (κ2) is 4.54. The van der Waals surface area contributed by atoms with Crippen LogP contribution >= 0.6 is 23.6 Å². The predicted octanol–water partition coefficient (Wildman–Crippen LogP) is 1.48. The first-order chi connectivity index (χ1) is 7.72. The third kappa shape index (κ3) is 2.02. The Morgan fingerprint density at radius 3 is 2.81 bits per heavy atom. The molecular weight excluding hydrogens is 246 g/mol. The molecule has 0 atom stereocenters. The van der Waals surface area contributed by atoms with Gasteiger partial charge in [-0.05, 0) is 19.1 Å². The van der Waals surface area contributed by atoms with E-state index < -0.39 is 0 Å². The molecule has 0 aliphatic rings. The van der Waals surface area contributed by atoms with E-state index in [-0.39, 0.29) is 5.88 Å². The summed E-state index contributed by atoms with van der Waals surface area (Å²) < 4.78 is 3.72. The van der Waals surface area contributed by atoms with Gasteiger partial charge in [0, 0.05) is 6.54 Å². The van der Waals surface area contributed by atoms with Gasteiger partial charge in [-0.3, -0.25) is 4.57 Å². The van der Waals surface area contributed by atoms with E-state index in [1.165, 1.54) is 34.9 Å². The van der Waals surface area contributed by atoms with E-state index >= 15 is 0 Å². The molecule has 0 unspecified atom stereocenters. The molecule has 0 radical (unpaired) electrons. The molecule has 2 aromatic rings. The Morgan fingerprint density at radius 1 is 1.56 bits per heavy atom. The monoisotopic (exact) mass is 255 g/mol. The minimum atomic E-state index is 0.148. The van der Waals surface area contributed by atoms with E-state index in [4.69, 9.17) is 12.2 Å². The fourth-order valence-corrected chi connectivity index (χ4v) is 2.45. The van der Waals surface area contributed by atoms with Gasteiger partial charge in [0.15, 0.2) is 3.95 Å². The smallest absolute Gasteiger partial charge is 0.212 e. The minimum absolute atomic E-state index is 0.148. The molecule has 2 aromatic heterocycles. The number of aromatic hydroxyl groups is 1. The molecule has 0 aliphatic carbocycles. The van der Waals surface area contributed by atoms with Crippen molar-refractivity contribution in [3.05, 3.63) is 21.5 Å². The molecule has 84 valence electrons. The molecule has 2 rings (SSSR count). The lowest BCUT2D eigenvalue weighted by Crippen LogP contribution is -1.93. The Hall–Kier alpha value is -1.54. The SMILES string of the molecule is CCn1c(O)c(C=Nn2cnnc2)sc1=S. The van der Waals surface area contributed by atoms with Crippen molar-refractivity contribution in [3.8, 4) is 5.88 Å². The number of rotatable bonds is 3. The Kier molecular flexibility index (Phi) is 3.11. The molecule has 0 amide bonds. The van der Waals surface area contributed by atoms with Crippen LogP contribution in [0.4, 0.5) is 0 Å². The maximum absolute atomic E-state index is 9.81. The van der Waals surface area contributed by atoms with Gasteiger partial charge in [-0.1, -0.05) is 11.3 Å². The van der Waals surface area contributed by atoms with Crippen LogP contribution in [0.3, 0.4) is 0 Å². The molecule has 0 saturated carbocycles. The van der Waals surface area contributed by atoms with E-state index in [1.54, 1.807) is 4.57 Å². The molecule has 0 bridgehead atoms. The first-order valence-corrected chi connectivity index (χ1v) is 5.76. The van der Waals surface area contributed by atoms with Gasteiger partial charge in [0.2, 0.25) is 5.88 Å². The first-order valence-electron chi connectivity index (χ1n) is 4.54. The fraction of sp³-hybridized carbons (Fsp3) is 0.250. The van der Waals surface area contributed by atoms with Crippen LogP contribution in [0.5, 0.6) is 5.88 Å². The zero-order valence-electron chi connectivity index (χ0n) is 8.44. The van der Waals surface area contributed by atoms with Crippen LogP contribution in [-0.2, 0) is 6.54 Å². The van der Waals surface area contributed by atoms with Gasteiger partial charge in [0.25, 0.3) is 0 Å². The second-order valence-corrected chi connectivity index (χ2v) is 4.56. The number of thiazole rings is 1. The molecule has 2 heterocycles. The minimum Gasteiger partial charge on any atom is -0.493 e. The number of aromatic nitrogens is 4. The zero-order chi connectivity index (χ0) is 11.5. The van der Waals surface area contributed by atoms with Gasteiger partial charge in [0.1, 0.15) is 17.5 Å². The summed E-state index contributed by atoms with van der Waals surface area (Å²) in [5.74, 6) is 0.148. The Morgan fingerprint density at radius 2 is 2.25 bits per heavy atom. The Balaban J connectivity index is 2.32. The van der Waals surface area contributed by atoms with Gasteiger partial charge in [-0.25, -0.2) is 4.68 Å². The molecule has 0 fully saturated rings. The largest absolute Gasteiger partial charge is 0.493 e. The maximum Gasteiger partial charge on any atom is 0.212 e. The van der Waals surface area contributed by atoms with Crippen LogP contribution in [0.2, 0.25) is 0 Å². The van der Waals surface area contributed by atoms with E-state index in [9.17, 15) is 5.11 Å². The number of hydrogen-bond acceptors (Lipinski definition) is 6. The summed E-state index contributed by atoms with van der Waals surface area (Å²) in [6.45, 7) is 2.56. The lowest BCUT2D eigenvalue weighted by molar-refractivity contribution is 0.419. The predicted molar refractivity (Wildman–Crippen MR) is 63.5 cm³/mol. The van der Waals surface area contributed by atoms with Crippen molar-refractivity contribution < 1.29 is 5.11 Å². The van der Waals surface area contributed by atoms with Crippen molar-refractivity contribution in [2.24, 2.45) is 5.10 Å². The Bertz CT molecular complexity index is 553. The highest BCUT2D eigenvalue weighted by molar-refractivity contribution is 7.73. The molecule has 0 spiro atoms.